The molecule has 0 saturated carbocycles. The number of hydrogen-bond acceptors (Lipinski definition) is 3. The molecule has 0 spiro atoms. The van der Waals surface area contributed by atoms with Gasteiger partial charge in [-0.2, -0.15) is 0 Å². The third kappa shape index (κ3) is 5.17. The Hall–Kier alpha value is -0.410. The van der Waals surface area contributed by atoms with Gasteiger partial charge in [0.2, 0.25) is 0 Å². The van der Waals surface area contributed by atoms with E-state index in [4.69, 9.17) is 4.74 Å². The fraction of sp³-hybridized carbons (Fsp3) is 0.929. The maximum Gasteiger partial charge on any atom is 0.139 e. The Morgan fingerprint density at radius 2 is 2.18 bits per heavy atom. The Morgan fingerprint density at radius 3 is 2.82 bits per heavy atom. The van der Waals surface area contributed by atoms with Crippen LogP contribution in [0.25, 0.3) is 0 Å². The average Bonchev–Trinajstić information content (AvgIpc) is 2.73. The van der Waals surface area contributed by atoms with Gasteiger partial charge in [-0.15, -0.1) is 0 Å². The van der Waals surface area contributed by atoms with Gasteiger partial charge in [0.05, 0.1) is 19.1 Å². The zero-order chi connectivity index (χ0) is 12.7. The fourth-order valence-corrected chi connectivity index (χ4v) is 2.27. The van der Waals surface area contributed by atoms with E-state index in [0.717, 1.165) is 32.2 Å². The fourth-order valence-electron chi connectivity index (χ4n) is 2.27. The van der Waals surface area contributed by atoms with Crippen molar-refractivity contribution in [3.05, 3.63) is 0 Å². The van der Waals surface area contributed by atoms with E-state index in [1.165, 1.54) is 0 Å². The highest BCUT2D eigenvalue weighted by Crippen LogP contribution is 2.18. The summed E-state index contributed by atoms with van der Waals surface area (Å²) in [6.07, 6.45) is 3.99. The molecule has 1 saturated heterocycles. The molecule has 1 heterocycles. The van der Waals surface area contributed by atoms with Crippen molar-refractivity contribution < 1.29 is 9.53 Å². The highest BCUT2D eigenvalue weighted by atomic mass is 16.5. The molecule has 0 aliphatic carbocycles. The van der Waals surface area contributed by atoms with Crippen molar-refractivity contribution in [1.82, 2.24) is 5.32 Å². The lowest BCUT2D eigenvalue weighted by molar-refractivity contribution is -0.123. The van der Waals surface area contributed by atoms with Gasteiger partial charge in [-0.05, 0) is 25.3 Å². The minimum absolute atomic E-state index is 0.0914. The van der Waals surface area contributed by atoms with Crippen molar-refractivity contribution >= 4 is 5.78 Å². The molecular formula is C14H27NO2. The number of Topliss-reactive ketones (excluding diaryl/α,β-unsaturated/α-hetero) is 1. The molecule has 1 fully saturated rings. The van der Waals surface area contributed by atoms with Gasteiger partial charge >= 0.3 is 0 Å². The number of hydrogen-bond donors (Lipinski definition) is 1. The molecule has 100 valence electrons. The summed E-state index contributed by atoms with van der Waals surface area (Å²) in [4.78, 5) is 12.1. The van der Waals surface area contributed by atoms with Crippen LogP contribution in [0.5, 0.6) is 0 Å². The van der Waals surface area contributed by atoms with Crippen molar-refractivity contribution in [2.24, 2.45) is 11.8 Å². The predicted molar refractivity (Wildman–Crippen MR) is 70.1 cm³/mol. The van der Waals surface area contributed by atoms with Crippen molar-refractivity contribution in [3.8, 4) is 0 Å². The molecule has 17 heavy (non-hydrogen) atoms. The van der Waals surface area contributed by atoms with Crippen LogP contribution in [0.4, 0.5) is 0 Å². The monoisotopic (exact) mass is 241 g/mol. The second kappa shape index (κ2) is 7.83. The van der Waals surface area contributed by atoms with Crippen molar-refractivity contribution in [2.75, 3.05) is 19.8 Å². The maximum atomic E-state index is 12.1. The standard InChI is InChI=1S/C14H27NO2/c1-4-8-15-13-10-17-9-12(13)14(16)7-5-6-11(2)3/h11-13,15H,4-10H2,1-3H3. The molecule has 0 aromatic rings. The van der Waals surface area contributed by atoms with Crippen molar-refractivity contribution in [2.45, 2.75) is 52.5 Å². The van der Waals surface area contributed by atoms with E-state index in [0.29, 0.717) is 24.9 Å². The van der Waals surface area contributed by atoms with Gasteiger partial charge in [0.25, 0.3) is 0 Å². The van der Waals surface area contributed by atoms with Gasteiger partial charge in [-0.1, -0.05) is 27.2 Å². The second-order valence-corrected chi connectivity index (χ2v) is 5.46. The van der Waals surface area contributed by atoms with Crippen LogP contribution in [0.15, 0.2) is 0 Å². The number of carbonyl (C=O) groups excluding carboxylic acids is 1. The first-order valence-electron chi connectivity index (χ1n) is 6.99. The Labute approximate surface area is 105 Å². The molecule has 1 rings (SSSR count). The van der Waals surface area contributed by atoms with E-state index in [1.807, 2.05) is 0 Å². The van der Waals surface area contributed by atoms with Gasteiger partial charge < -0.3 is 10.1 Å². The van der Waals surface area contributed by atoms with Gasteiger partial charge in [0.1, 0.15) is 5.78 Å². The molecule has 2 atom stereocenters. The Bertz CT molecular complexity index is 228. The Kier molecular flexibility index (Phi) is 6.75. The number of carbonyl (C=O) groups is 1. The van der Waals surface area contributed by atoms with E-state index in [1.54, 1.807) is 0 Å². The maximum absolute atomic E-state index is 12.1. The predicted octanol–water partition coefficient (Wildman–Crippen LogP) is 2.40. The summed E-state index contributed by atoms with van der Waals surface area (Å²) in [7, 11) is 0. The van der Waals surface area contributed by atoms with Crippen LogP contribution in [0.3, 0.4) is 0 Å². The zero-order valence-corrected chi connectivity index (χ0v) is 11.5. The van der Waals surface area contributed by atoms with Crippen LogP contribution in [-0.4, -0.2) is 31.6 Å². The summed E-state index contributed by atoms with van der Waals surface area (Å²) in [5.41, 5.74) is 0. The summed E-state index contributed by atoms with van der Waals surface area (Å²) < 4.78 is 5.43. The van der Waals surface area contributed by atoms with E-state index in [-0.39, 0.29) is 12.0 Å². The van der Waals surface area contributed by atoms with E-state index < -0.39 is 0 Å². The molecule has 0 amide bonds. The van der Waals surface area contributed by atoms with E-state index in [2.05, 4.69) is 26.1 Å². The molecule has 0 aromatic heterocycles. The largest absolute Gasteiger partial charge is 0.379 e. The number of rotatable bonds is 8. The number of ketones is 1. The van der Waals surface area contributed by atoms with Gasteiger partial charge in [0, 0.05) is 12.5 Å². The third-order valence-corrected chi connectivity index (χ3v) is 3.36. The molecule has 1 N–H and O–H groups in total. The zero-order valence-electron chi connectivity index (χ0n) is 11.5. The van der Waals surface area contributed by atoms with Gasteiger partial charge in [0.15, 0.2) is 0 Å². The van der Waals surface area contributed by atoms with E-state index in [9.17, 15) is 4.79 Å². The molecule has 0 bridgehead atoms. The second-order valence-electron chi connectivity index (χ2n) is 5.46. The number of ether oxygens (including phenoxy) is 1. The topological polar surface area (TPSA) is 38.3 Å². The van der Waals surface area contributed by atoms with Crippen molar-refractivity contribution in [1.29, 1.82) is 0 Å². The van der Waals surface area contributed by atoms with Crippen LogP contribution >= 0.6 is 0 Å². The average molecular weight is 241 g/mol. The lowest BCUT2D eigenvalue weighted by Gasteiger charge is -2.17. The molecule has 0 aromatic carbocycles. The van der Waals surface area contributed by atoms with Crippen LogP contribution in [-0.2, 0) is 9.53 Å². The molecule has 1 aliphatic heterocycles. The summed E-state index contributed by atoms with van der Waals surface area (Å²) >= 11 is 0. The highest BCUT2D eigenvalue weighted by Gasteiger charge is 2.32. The smallest absolute Gasteiger partial charge is 0.139 e. The number of nitrogens with one attached hydrogen (secondary N) is 1. The molecular weight excluding hydrogens is 214 g/mol. The summed E-state index contributed by atoms with van der Waals surface area (Å²) in [5.74, 6) is 1.17. The lowest BCUT2D eigenvalue weighted by atomic mass is 9.93. The summed E-state index contributed by atoms with van der Waals surface area (Å²) in [6.45, 7) is 8.83. The molecule has 2 unspecified atom stereocenters. The molecule has 3 heteroatoms. The minimum Gasteiger partial charge on any atom is -0.379 e. The van der Waals surface area contributed by atoms with Crippen LogP contribution in [0.1, 0.15) is 46.5 Å². The lowest BCUT2D eigenvalue weighted by Crippen LogP contribution is -2.39. The Balaban J connectivity index is 2.28. The van der Waals surface area contributed by atoms with Gasteiger partial charge in [-0.3, -0.25) is 4.79 Å². The SMILES string of the molecule is CCCNC1COCC1C(=O)CCCC(C)C. The molecule has 3 nitrogen and oxygen atoms in total. The summed E-state index contributed by atoms with van der Waals surface area (Å²) in [5, 5.41) is 3.42. The first-order chi connectivity index (χ1) is 8.15. The first kappa shape index (κ1) is 14.7. The minimum atomic E-state index is 0.0914. The van der Waals surface area contributed by atoms with Gasteiger partial charge in [-0.25, -0.2) is 0 Å². The molecule has 0 radical (unpaired) electrons. The first-order valence-corrected chi connectivity index (χ1v) is 6.99. The summed E-state index contributed by atoms with van der Waals surface area (Å²) in [6, 6.07) is 0.251. The van der Waals surface area contributed by atoms with Crippen LogP contribution in [0.2, 0.25) is 0 Å². The quantitative estimate of drug-likeness (QED) is 0.709. The molecule has 1 aliphatic rings. The highest BCUT2D eigenvalue weighted by molar-refractivity contribution is 5.82. The van der Waals surface area contributed by atoms with Crippen LogP contribution in [0, 0.1) is 11.8 Å². The normalized spacial score (nSPS) is 24.5. The third-order valence-electron chi connectivity index (χ3n) is 3.36. The Morgan fingerprint density at radius 1 is 1.41 bits per heavy atom. The van der Waals surface area contributed by atoms with Crippen molar-refractivity contribution in [3.63, 3.8) is 0 Å². The van der Waals surface area contributed by atoms with E-state index >= 15 is 0 Å². The van der Waals surface area contributed by atoms with Crippen LogP contribution < -0.4 is 5.32 Å².